The summed E-state index contributed by atoms with van der Waals surface area (Å²) in [4.78, 5) is 23.1. The van der Waals surface area contributed by atoms with E-state index in [-0.39, 0.29) is 17.7 Å². The molecule has 3 unspecified atom stereocenters. The van der Waals surface area contributed by atoms with Crippen molar-refractivity contribution in [2.24, 2.45) is 17.8 Å². The van der Waals surface area contributed by atoms with Crippen LogP contribution in [0.1, 0.15) is 46.5 Å². The second-order valence-corrected chi connectivity index (χ2v) is 6.38. The molecule has 5 heteroatoms. The van der Waals surface area contributed by atoms with Crippen molar-refractivity contribution < 1.29 is 14.7 Å². The van der Waals surface area contributed by atoms with Crippen molar-refractivity contribution in [1.82, 2.24) is 10.6 Å². The van der Waals surface area contributed by atoms with Crippen molar-refractivity contribution in [3.05, 3.63) is 0 Å². The van der Waals surface area contributed by atoms with Crippen LogP contribution in [0.5, 0.6) is 0 Å². The average molecular weight is 284 g/mol. The topological polar surface area (TPSA) is 78.4 Å². The highest BCUT2D eigenvalue weighted by molar-refractivity contribution is 5.83. The number of piperidine rings is 1. The predicted molar refractivity (Wildman–Crippen MR) is 78.4 cm³/mol. The van der Waals surface area contributed by atoms with Crippen LogP contribution in [0.4, 0.5) is 0 Å². The molecule has 3 atom stereocenters. The summed E-state index contributed by atoms with van der Waals surface area (Å²) >= 11 is 0. The molecule has 1 fully saturated rings. The lowest BCUT2D eigenvalue weighted by Crippen LogP contribution is -2.43. The van der Waals surface area contributed by atoms with Gasteiger partial charge in [-0.15, -0.1) is 0 Å². The second kappa shape index (κ2) is 8.25. The van der Waals surface area contributed by atoms with Gasteiger partial charge in [0.05, 0.1) is 0 Å². The Balaban J connectivity index is 2.41. The first kappa shape index (κ1) is 17.0. The standard InChI is InChI=1S/C15H28N2O3/c1-10(2)7-13(15(19)20)17-14(18)8-11(3)12-5-4-6-16-9-12/h10-13,16H,4-9H2,1-3H3,(H,17,18)(H,19,20). The van der Waals surface area contributed by atoms with Crippen molar-refractivity contribution in [3.8, 4) is 0 Å². The number of carbonyl (C=O) groups is 2. The molecule has 0 aromatic rings. The molecule has 1 aliphatic heterocycles. The summed E-state index contributed by atoms with van der Waals surface area (Å²) in [6.45, 7) is 8.01. The van der Waals surface area contributed by atoms with Crippen LogP contribution in [0.2, 0.25) is 0 Å². The van der Waals surface area contributed by atoms with E-state index in [1.807, 2.05) is 13.8 Å². The lowest BCUT2D eigenvalue weighted by Gasteiger charge is -2.28. The highest BCUT2D eigenvalue weighted by Gasteiger charge is 2.25. The zero-order valence-corrected chi connectivity index (χ0v) is 12.8. The van der Waals surface area contributed by atoms with Gasteiger partial charge in [-0.25, -0.2) is 4.79 Å². The smallest absolute Gasteiger partial charge is 0.326 e. The first-order chi connectivity index (χ1) is 9.40. The molecular formula is C15H28N2O3. The average Bonchev–Trinajstić information content (AvgIpc) is 2.38. The number of carboxylic acids is 1. The molecule has 0 aromatic heterocycles. The Kier molecular flexibility index (Phi) is 6.99. The monoisotopic (exact) mass is 284 g/mol. The lowest BCUT2D eigenvalue weighted by atomic mass is 9.85. The fraction of sp³-hybridized carbons (Fsp3) is 0.867. The number of nitrogens with one attached hydrogen (secondary N) is 2. The number of amides is 1. The van der Waals surface area contributed by atoms with E-state index < -0.39 is 12.0 Å². The van der Waals surface area contributed by atoms with Crippen LogP contribution in [-0.2, 0) is 9.59 Å². The molecule has 0 radical (unpaired) electrons. The number of hydrogen-bond acceptors (Lipinski definition) is 3. The SMILES string of the molecule is CC(C)CC(NC(=O)CC(C)C1CCCNC1)C(=O)O. The van der Waals surface area contributed by atoms with E-state index >= 15 is 0 Å². The van der Waals surface area contributed by atoms with Gasteiger partial charge in [0, 0.05) is 6.42 Å². The summed E-state index contributed by atoms with van der Waals surface area (Å²) in [6, 6.07) is -0.765. The number of hydrogen-bond donors (Lipinski definition) is 3. The van der Waals surface area contributed by atoms with E-state index in [1.165, 1.54) is 0 Å². The van der Waals surface area contributed by atoms with Gasteiger partial charge in [0.2, 0.25) is 5.91 Å². The van der Waals surface area contributed by atoms with Gasteiger partial charge in [0.25, 0.3) is 0 Å². The quantitative estimate of drug-likeness (QED) is 0.664. The molecule has 0 bridgehead atoms. The summed E-state index contributed by atoms with van der Waals surface area (Å²) in [5, 5.41) is 15.1. The summed E-state index contributed by atoms with van der Waals surface area (Å²) in [5.41, 5.74) is 0. The fourth-order valence-corrected chi connectivity index (χ4v) is 2.77. The van der Waals surface area contributed by atoms with Gasteiger partial charge in [-0.05, 0) is 50.1 Å². The number of rotatable bonds is 7. The molecule has 0 aliphatic carbocycles. The van der Waals surface area contributed by atoms with E-state index in [0.717, 1.165) is 25.9 Å². The molecule has 0 saturated carbocycles. The number of carbonyl (C=O) groups excluding carboxylic acids is 1. The van der Waals surface area contributed by atoms with E-state index in [0.29, 0.717) is 18.8 Å². The van der Waals surface area contributed by atoms with Gasteiger partial charge >= 0.3 is 5.97 Å². The van der Waals surface area contributed by atoms with Gasteiger partial charge in [-0.1, -0.05) is 20.8 Å². The van der Waals surface area contributed by atoms with Gasteiger partial charge in [-0.2, -0.15) is 0 Å². The maximum atomic E-state index is 12.0. The minimum Gasteiger partial charge on any atom is -0.480 e. The Morgan fingerprint density at radius 3 is 2.55 bits per heavy atom. The molecule has 5 nitrogen and oxygen atoms in total. The molecule has 1 saturated heterocycles. The van der Waals surface area contributed by atoms with Gasteiger partial charge < -0.3 is 15.7 Å². The Bertz CT molecular complexity index is 325. The molecule has 1 amide bonds. The molecule has 1 heterocycles. The van der Waals surface area contributed by atoms with Crippen molar-refractivity contribution in [2.45, 2.75) is 52.5 Å². The minimum absolute atomic E-state index is 0.142. The number of carboxylic acid groups (broad SMARTS) is 1. The minimum atomic E-state index is -0.945. The van der Waals surface area contributed by atoms with Gasteiger partial charge in [0.1, 0.15) is 6.04 Å². The second-order valence-electron chi connectivity index (χ2n) is 6.38. The third-order valence-corrected chi connectivity index (χ3v) is 3.99. The molecule has 0 aromatic carbocycles. The first-order valence-corrected chi connectivity index (χ1v) is 7.63. The highest BCUT2D eigenvalue weighted by Crippen LogP contribution is 2.22. The van der Waals surface area contributed by atoms with E-state index in [2.05, 4.69) is 17.6 Å². The molecule has 1 aliphatic rings. The summed E-state index contributed by atoms with van der Waals surface area (Å²) < 4.78 is 0. The lowest BCUT2D eigenvalue weighted by molar-refractivity contribution is -0.142. The molecule has 116 valence electrons. The normalized spacial score (nSPS) is 22.3. The van der Waals surface area contributed by atoms with E-state index in [9.17, 15) is 9.59 Å². The van der Waals surface area contributed by atoms with Crippen LogP contribution in [0.15, 0.2) is 0 Å². The molecule has 1 rings (SSSR count). The Labute approximate surface area is 121 Å². The molecule has 3 N–H and O–H groups in total. The largest absolute Gasteiger partial charge is 0.480 e. The highest BCUT2D eigenvalue weighted by atomic mass is 16.4. The van der Waals surface area contributed by atoms with Crippen molar-refractivity contribution in [1.29, 1.82) is 0 Å². The van der Waals surface area contributed by atoms with Gasteiger partial charge in [-0.3, -0.25) is 4.79 Å². The van der Waals surface area contributed by atoms with Crippen molar-refractivity contribution >= 4 is 11.9 Å². The van der Waals surface area contributed by atoms with Crippen LogP contribution in [-0.4, -0.2) is 36.1 Å². The Morgan fingerprint density at radius 2 is 2.05 bits per heavy atom. The van der Waals surface area contributed by atoms with E-state index in [4.69, 9.17) is 5.11 Å². The Hall–Kier alpha value is -1.10. The Morgan fingerprint density at radius 1 is 1.35 bits per heavy atom. The summed E-state index contributed by atoms with van der Waals surface area (Å²) in [6.07, 6.45) is 3.19. The first-order valence-electron chi connectivity index (χ1n) is 7.63. The van der Waals surface area contributed by atoms with Crippen LogP contribution in [0.3, 0.4) is 0 Å². The maximum Gasteiger partial charge on any atom is 0.326 e. The maximum absolute atomic E-state index is 12.0. The predicted octanol–water partition coefficient (Wildman–Crippen LogP) is 1.63. The van der Waals surface area contributed by atoms with Crippen LogP contribution < -0.4 is 10.6 Å². The van der Waals surface area contributed by atoms with Crippen molar-refractivity contribution in [2.75, 3.05) is 13.1 Å². The molecule has 0 spiro atoms. The van der Waals surface area contributed by atoms with Crippen LogP contribution >= 0.6 is 0 Å². The molecular weight excluding hydrogens is 256 g/mol. The fourth-order valence-electron chi connectivity index (χ4n) is 2.77. The van der Waals surface area contributed by atoms with Crippen molar-refractivity contribution in [3.63, 3.8) is 0 Å². The number of aliphatic carboxylic acids is 1. The zero-order chi connectivity index (χ0) is 15.1. The zero-order valence-electron chi connectivity index (χ0n) is 12.8. The summed E-state index contributed by atoms with van der Waals surface area (Å²) in [5.74, 6) is -0.0364. The third-order valence-electron chi connectivity index (χ3n) is 3.99. The summed E-state index contributed by atoms with van der Waals surface area (Å²) in [7, 11) is 0. The van der Waals surface area contributed by atoms with E-state index in [1.54, 1.807) is 0 Å². The third kappa shape index (κ3) is 5.90. The van der Waals surface area contributed by atoms with Gasteiger partial charge in [0.15, 0.2) is 0 Å². The van der Waals surface area contributed by atoms with Crippen LogP contribution in [0.25, 0.3) is 0 Å². The molecule has 20 heavy (non-hydrogen) atoms. The van der Waals surface area contributed by atoms with Crippen LogP contribution in [0, 0.1) is 17.8 Å².